The van der Waals surface area contributed by atoms with E-state index in [2.05, 4.69) is 34.5 Å². The predicted octanol–water partition coefficient (Wildman–Crippen LogP) is 2.93. The molecular formula is C18H28N2O. The fourth-order valence-corrected chi connectivity index (χ4v) is 3.67. The van der Waals surface area contributed by atoms with Crippen LogP contribution >= 0.6 is 0 Å². The molecule has 0 amide bonds. The highest BCUT2D eigenvalue weighted by molar-refractivity contribution is 5.48. The van der Waals surface area contributed by atoms with Crippen LogP contribution < -0.4 is 10.2 Å². The Morgan fingerprint density at radius 1 is 1.05 bits per heavy atom. The second kappa shape index (κ2) is 7.28. The highest BCUT2D eigenvalue weighted by Crippen LogP contribution is 2.24. The van der Waals surface area contributed by atoms with Gasteiger partial charge in [0.2, 0.25) is 0 Å². The van der Waals surface area contributed by atoms with E-state index in [9.17, 15) is 5.11 Å². The van der Waals surface area contributed by atoms with Crippen molar-refractivity contribution in [1.29, 1.82) is 0 Å². The molecule has 1 saturated heterocycles. The molecule has 2 fully saturated rings. The van der Waals surface area contributed by atoms with Crippen molar-refractivity contribution in [2.24, 2.45) is 5.92 Å². The number of hydrogen-bond acceptors (Lipinski definition) is 3. The smallest absolute Gasteiger partial charge is 0.0543 e. The van der Waals surface area contributed by atoms with Crippen molar-refractivity contribution in [3.63, 3.8) is 0 Å². The molecule has 116 valence electrons. The van der Waals surface area contributed by atoms with Crippen LogP contribution in [-0.2, 0) is 6.54 Å². The molecule has 2 aliphatic rings. The van der Waals surface area contributed by atoms with Crippen LogP contribution in [0, 0.1) is 5.92 Å². The fraction of sp³-hybridized carbons (Fsp3) is 0.667. The molecule has 1 heterocycles. The van der Waals surface area contributed by atoms with Gasteiger partial charge in [0.25, 0.3) is 0 Å². The first kappa shape index (κ1) is 14.9. The Balaban J connectivity index is 1.42. The van der Waals surface area contributed by atoms with Crippen LogP contribution in [0.2, 0.25) is 0 Å². The zero-order chi connectivity index (χ0) is 14.5. The molecule has 1 aliphatic heterocycles. The number of nitrogens with one attached hydrogen (secondary N) is 1. The summed E-state index contributed by atoms with van der Waals surface area (Å²) in [5.41, 5.74) is 2.72. The summed E-state index contributed by atoms with van der Waals surface area (Å²) in [6.07, 6.45) is 7.00. The first-order valence-corrected chi connectivity index (χ1v) is 8.54. The minimum absolute atomic E-state index is 0.0645. The highest BCUT2D eigenvalue weighted by atomic mass is 16.3. The third kappa shape index (κ3) is 4.21. The van der Waals surface area contributed by atoms with Gasteiger partial charge in [0, 0.05) is 25.3 Å². The molecule has 2 unspecified atom stereocenters. The number of aliphatic hydroxyl groups is 1. The first-order valence-electron chi connectivity index (χ1n) is 8.54. The molecule has 2 N–H and O–H groups in total. The van der Waals surface area contributed by atoms with Gasteiger partial charge in [-0.1, -0.05) is 18.6 Å². The monoisotopic (exact) mass is 288 g/mol. The normalized spacial score (nSPS) is 26.2. The highest BCUT2D eigenvalue weighted by Gasteiger charge is 2.19. The standard InChI is InChI=1S/C18H28N2O/c21-18-5-3-4-16(12-18)14-19-13-15-6-8-17(9-7-15)20-10-1-2-11-20/h6-9,16,18-19,21H,1-5,10-14H2. The molecule has 1 saturated carbocycles. The molecule has 2 atom stereocenters. The van der Waals surface area contributed by atoms with Gasteiger partial charge in [0.1, 0.15) is 0 Å². The minimum atomic E-state index is -0.0645. The molecule has 1 aliphatic carbocycles. The summed E-state index contributed by atoms with van der Waals surface area (Å²) in [5, 5.41) is 13.3. The Morgan fingerprint density at radius 2 is 1.81 bits per heavy atom. The van der Waals surface area contributed by atoms with Crippen molar-refractivity contribution in [3.8, 4) is 0 Å². The molecule has 21 heavy (non-hydrogen) atoms. The van der Waals surface area contributed by atoms with Crippen molar-refractivity contribution in [3.05, 3.63) is 29.8 Å². The van der Waals surface area contributed by atoms with E-state index in [-0.39, 0.29) is 6.10 Å². The quantitative estimate of drug-likeness (QED) is 0.874. The molecule has 1 aromatic carbocycles. The van der Waals surface area contributed by atoms with Crippen molar-refractivity contribution in [1.82, 2.24) is 5.32 Å². The summed E-state index contributed by atoms with van der Waals surface area (Å²) < 4.78 is 0. The summed E-state index contributed by atoms with van der Waals surface area (Å²) in [4.78, 5) is 2.47. The maximum absolute atomic E-state index is 9.70. The van der Waals surface area contributed by atoms with Crippen LogP contribution in [-0.4, -0.2) is 30.8 Å². The molecule has 1 aromatic rings. The number of anilines is 1. The lowest BCUT2D eigenvalue weighted by atomic mass is 9.87. The number of aliphatic hydroxyl groups excluding tert-OH is 1. The van der Waals surface area contributed by atoms with Crippen molar-refractivity contribution >= 4 is 5.69 Å². The molecule has 0 aromatic heterocycles. The molecule has 0 radical (unpaired) electrons. The van der Waals surface area contributed by atoms with E-state index >= 15 is 0 Å². The zero-order valence-electron chi connectivity index (χ0n) is 12.9. The van der Waals surface area contributed by atoms with E-state index in [1.807, 2.05) is 0 Å². The van der Waals surface area contributed by atoms with E-state index < -0.39 is 0 Å². The lowest BCUT2D eigenvalue weighted by Crippen LogP contribution is -2.28. The first-order chi connectivity index (χ1) is 10.3. The van der Waals surface area contributed by atoms with E-state index in [4.69, 9.17) is 0 Å². The maximum atomic E-state index is 9.70. The van der Waals surface area contributed by atoms with Gasteiger partial charge in [-0.05, 0) is 62.3 Å². The Morgan fingerprint density at radius 3 is 2.52 bits per heavy atom. The second-order valence-electron chi connectivity index (χ2n) is 6.68. The van der Waals surface area contributed by atoms with Crippen molar-refractivity contribution < 1.29 is 5.11 Å². The van der Waals surface area contributed by atoms with Crippen molar-refractivity contribution in [2.75, 3.05) is 24.5 Å². The molecule has 3 nitrogen and oxygen atoms in total. The van der Waals surface area contributed by atoms with Crippen molar-refractivity contribution in [2.45, 2.75) is 51.2 Å². The van der Waals surface area contributed by atoms with Crippen LogP contribution in [0.25, 0.3) is 0 Å². The Bertz CT molecular complexity index is 425. The maximum Gasteiger partial charge on any atom is 0.0543 e. The van der Waals surface area contributed by atoms with Crippen LogP contribution in [0.4, 0.5) is 5.69 Å². The SMILES string of the molecule is OC1CCCC(CNCc2ccc(N3CCCC3)cc2)C1. The van der Waals surface area contributed by atoms with Gasteiger partial charge in [0.05, 0.1) is 6.10 Å². The topological polar surface area (TPSA) is 35.5 Å². The summed E-state index contributed by atoms with van der Waals surface area (Å²) >= 11 is 0. The number of hydrogen-bond donors (Lipinski definition) is 2. The van der Waals surface area contributed by atoms with E-state index in [0.717, 1.165) is 25.9 Å². The average molecular weight is 288 g/mol. The van der Waals surface area contributed by atoms with Gasteiger partial charge in [-0.3, -0.25) is 0 Å². The fourth-order valence-electron chi connectivity index (χ4n) is 3.67. The lowest BCUT2D eigenvalue weighted by Gasteiger charge is -2.26. The van der Waals surface area contributed by atoms with Gasteiger partial charge < -0.3 is 15.3 Å². The lowest BCUT2D eigenvalue weighted by molar-refractivity contribution is 0.101. The third-order valence-corrected chi connectivity index (χ3v) is 4.92. The van der Waals surface area contributed by atoms with E-state index in [1.54, 1.807) is 0 Å². The van der Waals surface area contributed by atoms with Crippen LogP contribution in [0.5, 0.6) is 0 Å². The van der Waals surface area contributed by atoms with Crippen LogP contribution in [0.3, 0.4) is 0 Å². The van der Waals surface area contributed by atoms with Crippen LogP contribution in [0.1, 0.15) is 44.1 Å². The predicted molar refractivity (Wildman–Crippen MR) is 87.6 cm³/mol. The van der Waals surface area contributed by atoms with Gasteiger partial charge in [-0.15, -0.1) is 0 Å². The summed E-state index contributed by atoms with van der Waals surface area (Å²) in [7, 11) is 0. The van der Waals surface area contributed by atoms with Gasteiger partial charge in [-0.25, -0.2) is 0 Å². The van der Waals surface area contributed by atoms with Gasteiger partial charge >= 0.3 is 0 Å². The average Bonchev–Trinajstić information content (AvgIpc) is 3.02. The van der Waals surface area contributed by atoms with Gasteiger partial charge in [-0.2, -0.15) is 0 Å². The minimum Gasteiger partial charge on any atom is -0.393 e. The molecule has 0 spiro atoms. The van der Waals surface area contributed by atoms with Crippen LogP contribution in [0.15, 0.2) is 24.3 Å². The largest absolute Gasteiger partial charge is 0.393 e. The summed E-state index contributed by atoms with van der Waals surface area (Å²) in [5.74, 6) is 0.651. The number of benzene rings is 1. The van der Waals surface area contributed by atoms with E-state index in [0.29, 0.717) is 5.92 Å². The second-order valence-corrected chi connectivity index (χ2v) is 6.68. The number of rotatable bonds is 5. The Labute approximate surface area is 128 Å². The van der Waals surface area contributed by atoms with Gasteiger partial charge in [0.15, 0.2) is 0 Å². The molecule has 3 rings (SSSR count). The summed E-state index contributed by atoms with van der Waals surface area (Å²) in [6.45, 7) is 4.39. The molecule has 0 bridgehead atoms. The summed E-state index contributed by atoms with van der Waals surface area (Å²) in [6, 6.07) is 9.01. The third-order valence-electron chi connectivity index (χ3n) is 4.92. The number of nitrogens with zero attached hydrogens (tertiary/aromatic N) is 1. The zero-order valence-corrected chi connectivity index (χ0v) is 12.9. The Kier molecular flexibility index (Phi) is 5.15. The Hall–Kier alpha value is -1.06. The molecule has 3 heteroatoms. The van der Waals surface area contributed by atoms with E-state index in [1.165, 1.54) is 50.0 Å². The molecular weight excluding hydrogens is 260 g/mol.